The van der Waals surface area contributed by atoms with Crippen LogP contribution in [0.5, 0.6) is 11.8 Å². The van der Waals surface area contributed by atoms with Crippen molar-refractivity contribution in [3.63, 3.8) is 0 Å². The van der Waals surface area contributed by atoms with Crippen molar-refractivity contribution in [1.82, 2.24) is 20.4 Å². The molecule has 0 unspecified atom stereocenters. The predicted molar refractivity (Wildman–Crippen MR) is 101 cm³/mol. The van der Waals surface area contributed by atoms with Gasteiger partial charge in [0.1, 0.15) is 5.54 Å². The number of hydrogen-bond acceptors (Lipinski definition) is 8. The molecule has 2 saturated carbocycles. The Morgan fingerprint density at radius 3 is 2.69 bits per heavy atom. The van der Waals surface area contributed by atoms with Crippen molar-refractivity contribution in [3.05, 3.63) is 29.4 Å². The molecule has 2 fully saturated rings. The monoisotopic (exact) mass is 402 g/mol. The fourth-order valence-electron chi connectivity index (χ4n) is 3.19. The van der Waals surface area contributed by atoms with Crippen molar-refractivity contribution in [1.29, 1.82) is 0 Å². The molecule has 2 aromatic heterocycles. The number of ether oxygens (including phenoxy) is 2. The van der Waals surface area contributed by atoms with Gasteiger partial charge in [0, 0.05) is 18.6 Å². The molecule has 2 aromatic rings. The summed E-state index contributed by atoms with van der Waals surface area (Å²) in [7, 11) is 0. The molecule has 0 saturated heterocycles. The number of aliphatic hydroxyl groups is 1. The van der Waals surface area contributed by atoms with Gasteiger partial charge in [0.05, 0.1) is 12.2 Å². The Balaban J connectivity index is 1.47. The number of nitrogens with zero attached hydrogens (tertiary/aromatic N) is 3. The summed E-state index contributed by atoms with van der Waals surface area (Å²) in [6, 6.07) is 3.30. The van der Waals surface area contributed by atoms with Gasteiger partial charge in [0.15, 0.2) is 5.82 Å². The van der Waals surface area contributed by atoms with E-state index in [1.807, 2.05) is 0 Å². The van der Waals surface area contributed by atoms with Gasteiger partial charge in [0.25, 0.3) is 0 Å². The van der Waals surface area contributed by atoms with Gasteiger partial charge >= 0.3 is 6.09 Å². The third-order valence-corrected chi connectivity index (χ3v) is 5.37. The Morgan fingerprint density at radius 1 is 1.34 bits per heavy atom. The SMILES string of the molecule is Cc1nc(C(C)(C)NC(=O)Oc2ccc(C3(O)CCC3)c(OCC3CC3)n2)no1. The van der Waals surface area contributed by atoms with E-state index in [0.717, 1.165) is 19.3 Å². The predicted octanol–water partition coefficient (Wildman–Crippen LogP) is 2.96. The lowest BCUT2D eigenvalue weighted by Crippen LogP contribution is -2.43. The lowest BCUT2D eigenvalue weighted by Gasteiger charge is -2.37. The van der Waals surface area contributed by atoms with Crippen LogP contribution in [-0.2, 0) is 11.1 Å². The van der Waals surface area contributed by atoms with Crippen LogP contribution in [0, 0.1) is 12.8 Å². The summed E-state index contributed by atoms with van der Waals surface area (Å²) in [5, 5.41) is 17.3. The van der Waals surface area contributed by atoms with E-state index in [2.05, 4.69) is 20.4 Å². The van der Waals surface area contributed by atoms with E-state index in [1.54, 1.807) is 32.9 Å². The Hall–Kier alpha value is -2.68. The van der Waals surface area contributed by atoms with Crippen molar-refractivity contribution in [2.24, 2.45) is 5.92 Å². The number of carbonyl (C=O) groups excluding carboxylic acids is 1. The first-order valence-electron chi connectivity index (χ1n) is 9.93. The van der Waals surface area contributed by atoms with Gasteiger partial charge in [-0.05, 0) is 57.9 Å². The fraction of sp³-hybridized carbons (Fsp3) is 0.600. The zero-order valence-corrected chi connectivity index (χ0v) is 16.9. The highest BCUT2D eigenvalue weighted by atomic mass is 16.6. The topological polar surface area (TPSA) is 120 Å². The molecule has 0 spiro atoms. The molecule has 9 heteroatoms. The number of amides is 1. The molecular formula is C20H26N4O5. The van der Waals surface area contributed by atoms with Gasteiger partial charge < -0.3 is 24.4 Å². The molecule has 0 aliphatic heterocycles. The van der Waals surface area contributed by atoms with E-state index in [0.29, 0.717) is 48.5 Å². The third-order valence-electron chi connectivity index (χ3n) is 5.37. The Bertz CT molecular complexity index is 902. The van der Waals surface area contributed by atoms with Crippen LogP contribution < -0.4 is 14.8 Å². The number of aryl methyl sites for hydroxylation is 1. The summed E-state index contributed by atoms with van der Waals surface area (Å²) in [5.74, 6) is 1.72. The smallest absolute Gasteiger partial charge is 0.414 e. The largest absolute Gasteiger partial charge is 0.477 e. The molecule has 1 amide bonds. The number of carbonyl (C=O) groups is 1. The highest BCUT2D eigenvalue weighted by Crippen LogP contribution is 2.45. The maximum Gasteiger partial charge on any atom is 0.414 e. The minimum atomic E-state index is -0.912. The van der Waals surface area contributed by atoms with Crippen molar-refractivity contribution >= 4 is 6.09 Å². The number of pyridine rings is 1. The first kappa shape index (κ1) is 19.6. The Kier molecular flexibility index (Phi) is 4.94. The van der Waals surface area contributed by atoms with E-state index in [4.69, 9.17) is 14.0 Å². The molecule has 4 rings (SSSR count). The number of rotatable bonds is 7. The van der Waals surface area contributed by atoms with Crippen LogP contribution in [0.2, 0.25) is 0 Å². The Labute approximate surface area is 168 Å². The van der Waals surface area contributed by atoms with Crippen molar-refractivity contribution in [2.45, 2.75) is 64.0 Å². The van der Waals surface area contributed by atoms with Gasteiger partial charge in [-0.2, -0.15) is 9.97 Å². The number of hydrogen-bond donors (Lipinski definition) is 2. The standard InChI is InChI=1S/C20H26N4O5/c1-12-21-17(24-29-12)19(2,3)23-18(25)28-15-8-7-14(20(26)9-4-10-20)16(22-15)27-11-13-5-6-13/h7-8,13,26H,4-6,9-11H2,1-3H3,(H,23,25). The molecule has 9 nitrogen and oxygen atoms in total. The quantitative estimate of drug-likeness (QED) is 0.725. The number of nitrogens with one attached hydrogen (secondary N) is 1. The van der Waals surface area contributed by atoms with Crippen LogP contribution in [0.15, 0.2) is 16.7 Å². The van der Waals surface area contributed by atoms with Crippen LogP contribution >= 0.6 is 0 Å². The lowest BCUT2D eigenvalue weighted by atomic mass is 9.75. The van der Waals surface area contributed by atoms with E-state index >= 15 is 0 Å². The van der Waals surface area contributed by atoms with Crippen LogP contribution in [0.3, 0.4) is 0 Å². The molecule has 156 valence electrons. The summed E-state index contributed by atoms with van der Waals surface area (Å²) < 4.78 is 16.2. The van der Waals surface area contributed by atoms with Crippen LogP contribution in [0.25, 0.3) is 0 Å². The summed E-state index contributed by atoms with van der Waals surface area (Å²) in [4.78, 5) is 20.9. The second kappa shape index (κ2) is 7.29. The van der Waals surface area contributed by atoms with E-state index in [-0.39, 0.29) is 5.88 Å². The van der Waals surface area contributed by atoms with Crippen molar-refractivity contribution in [3.8, 4) is 11.8 Å². The number of aromatic nitrogens is 3. The van der Waals surface area contributed by atoms with Gasteiger partial charge in [-0.3, -0.25) is 0 Å². The fourth-order valence-corrected chi connectivity index (χ4v) is 3.19. The van der Waals surface area contributed by atoms with Crippen LogP contribution in [-0.4, -0.2) is 32.9 Å². The first-order valence-corrected chi connectivity index (χ1v) is 9.93. The average molecular weight is 402 g/mol. The first-order chi connectivity index (χ1) is 13.7. The zero-order chi connectivity index (χ0) is 20.6. The molecular weight excluding hydrogens is 376 g/mol. The minimum absolute atomic E-state index is 0.0973. The summed E-state index contributed by atoms with van der Waals surface area (Å²) in [6.45, 7) is 5.71. The molecule has 2 aliphatic carbocycles. The molecule has 0 bridgehead atoms. The maximum absolute atomic E-state index is 12.4. The van der Waals surface area contributed by atoms with Gasteiger partial charge in [-0.15, -0.1) is 0 Å². The Morgan fingerprint density at radius 2 is 2.10 bits per heavy atom. The van der Waals surface area contributed by atoms with E-state index < -0.39 is 17.2 Å². The van der Waals surface area contributed by atoms with Gasteiger partial charge in [0.2, 0.25) is 17.7 Å². The molecule has 2 N–H and O–H groups in total. The molecule has 29 heavy (non-hydrogen) atoms. The maximum atomic E-state index is 12.4. The summed E-state index contributed by atoms with van der Waals surface area (Å²) >= 11 is 0. The van der Waals surface area contributed by atoms with E-state index in [1.165, 1.54) is 0 Å². The van der Waals surface area contributed by atoms with Crippen LogP contribution in [0.4, 0.5) is 4.79 Å². The minimum Gasteiger partial charge on any atom is -0.477 e. The summed E-state index contributed by atoms with van der Waals surface area (Å²) in [6.07, 6.45) is 3.89. The average Bonchev–Trinajstić information content (AvgIpc) is 3.35. The van der Waals surface area contributed by atoms with Gasteiger partial charge in [-0.25, -0.2) is 4.79 Å². The third kappa shape index (κ3) is 4.34. The lowest BCUT2D eigenvalue weighted by molar-refractivity contribution is -0.0414. The molecule has 2 aliphatic rings. The normalized spacial score (nSPS) is 18.1. The second-order valence-corrected chi connectivity index (χ2v) is 8.42. The van der Waals surface area contributed by atoms with Crippen molar-refractivity contribution < 1.29 is 23.9 Å². The highest BCUT2D eigenvalue weighted by molar-refractivity contribution is 5.71. The zero-order valence-electron chi connectivity index (χ0n) is 16.9. The molecule has 0 aromatic carbocycles. The second-order valence-electron chi connectivity index (χ2n) is 8.42. The summed E-state index contributed by atoms with van der Waals surface area (Å²) in [5.41, 5.74) is -1.15. The highest BCUT2D eigenvalue weighted by Gasteiger charge is 2.40. The molecule has 0 radical (unpaired) electrons. The van der Waals surface area contributed by atoms with Gasteiger partial charge in [-0.1, -0.05) is 5.16 Å². The molecule has 0 atom stereocenters. The molecule has 2 heterocycles. The van der Waals surface area contributed by atoms with E-state index in [9.17, 15) is 9.90 Å². The van der Waals surface area contributed by atoms with Crippen LogP contribution in [0.1, 0.15) is 63.2 Å². The van der Waals surface area contributed by atoms with Crippen molar-refractivity contribution in [2.75, 3.05) is 6.61 Å².